The van der Waals surface area contributed by atoms with Crippen LogP contribution in [0.1, 0.15) is 18.5 Å². The fourth-order valence-corrected chi connectivity index (χ4v) is 1.86. The first-order chi connectivity index (χ1) is 9.26. The molecule has 2 N–H and O–H groups in total. The second-order valence-corrected chi connectivity index (χ2v) is 4.24. The second-order valence-electron chi connectivity index (χ2n) is 4.24. The van der Waals surface area contributed by atoms with Gasteiger partial charge in [-0.2, -0.15) is 5.10 Å². The van der Waals surface area contributed by atoms with Crippen LogP contribution in [0.2, 0.25) is 0 Å². The highest BCUT2D eigenvalue weighted by Crippen LogP contribution is 2.21. The molecule has 0 spiro atoms. The average Bonchev–Trinajstić information content (AvgIpc) is 2.94. The fourth-order valence-electron chi connectivity index (χ4n) is 1.86. The zero-order valence-corrected chi connectivity index (χ0v) is 11.2. The van der Waals surface area contributed by atoms with Crippen molar-refractivity contribution in [3.05, 3.63) is 42.2 Å². The Balaban J connectivity index is 2.09. The molecule has 1 atom stereocenters. The molecule has 5 heteroatoms. The Morgan fingerprint density at radius 3 is 2.63 bits per heavy atom. The highest BCUT2D eigenvalue weighted by Gasteiger charge is 2.12. The molecule has 19 heavy (non-hydrogen) atoms. The van der Waals surface area contributed by atoms with Gasteiger partial charge in [-0.3, -0.25) is 4.68 Å². The predicted octanol–water partition coefficient (Wildman–Crippen LogP) is 2.06. The van der Waals surface area contributed by atoms with Gasteiger partial charge in [-0.05, 0) is 31.2 Å². The molecule has 0 bridgehead atoms. The quantitative estimate of drug-likeness (QED) is 0.835. The smallest absolute Gasteiger partial charge is 0.119 e. The summed E-state index contributed by atoms with van der Waals surface area (Å²) in [5.74, 6) is 0.810. The van der Waals surface area contributed by atoms with Crippen LogP contribution in [0.5, 0.6) is 5.75 Å². The summed E-state index contributed by atoms with van der Waals surface area (Å²) in [5, 5.41) is 17.0. The van der Waals surface area contributed by atoms with Crippen molar-refractivity contribution in [1.82, 2.24) is 9.78 Å². The summed E-state index contributed by atoms with van der Waals surface area (Å²) in [6.45, 7) is 2.86. The molecule has 5 nitrogen and oxygen atoms in total. The van der Waals surface area contributed by atoms with Crippen molar-refractivity contribution in [3.8, 4) is 5.75 Å². The lowest BCUT2D eigenvalue weighted by Gasteiger charge is -2.16. The van der Waals surface area contributed by atoms with Crippen LogP contribution in [-0.2, 0) is 6.54 Å². The molecule has 1 unspecified atom stereocenters. The summed E-state index contributed by atoms with van der Waals surface area (Å²) in [5.41, 5.74) is 1.91. The Kier molecular flexibility index (Phi) is 4.41. The predicted molar refractivity (Wildman–Crippen MR) is 74.3 cm³/mol. The van der Waals surface area contributed by atoms with E-state index >= 15 is 0 Å². The molecule has 2 rings (SSSR count). The molecular weight excluding hydrogens is 242 g/mol. The zero-order valence-electron chi connectivity index (χ0n) is 11.2. The van der Waals surface area contributed by atoms with Crippen molar-refractivity contribution in [1.29, 1.82) is 0 Å². The zero-order chi connectivity index (χ0) is 13.7. The molecule has 0 aliphatic heterocycles. The summed E-state index contributed by atoms with van der Waals surface area (Å²) in [4.78, 5) is 0. The number of hydrogen-bond donors (Lipinski definition) is 2. The first-order valence-corrected chi connectivity index (χ1v) is 6.30. The number of ether oxygens (including phenoxy) is 1. The third-order valence-corrected chi connectivity index (χ3v) is 2.99. The van der Waals surface area contributed by atoms with Gasteiger partial charge in [-0.15, -0.1) is 0 Å². The van der Waals surface area contributed by atoms with Crippen molar-refractivity contribution >= 4 is 5.69 Å². The first-order valence-electron chi connectivity index (χ1n) is 6.30. The van der Waals surface area contributed by atoms with Gasteiger partial charge < -0.3 is 15.2 Å². The minimum Gasteiger partial charge on any atom is -0.497 e. The number of benzene rings is 1. The van der Waals surface area contributed by atoms with E-state index in [2.05, 4.69) is 10.4 Å². The lowest BCUT2D eigenvalue weighted by Crippen LogP contribution is -2.14. The summed E-state index contributed by atoms with van der Waals surface area (Å²) in [6, 6.07) is 7.45. The van der Waals surface area contributed by atoms with Crippen LogP contribution in [0.3, 0.4) is 0 Å². The summed E-state index contributed by atoms with van der Waals surface area (Å²) in [7, 11) is 1.64. The number of aliphatic hydroxyl groups excluding tert-OH is 1. The summed E-state index contributed by atoms with van der Waals surface area (Å²) in [6.07, 6.45) is 3.72. The van der Waals surface area contributed by atoms with Gasteiger partial charge in [-0.25, -0.2) is 0 Å². The van der Waals surface area contributed by atoms with E-state index in [4.69, 9.17) is 4.74 Å². The van der Waals surface area contributed by atoms with Crippen LogP contribution in [0.15, 0.2) is 36.7 Å². The number of rotatable bonds is 6. The third-order valence-electron chi connectivity index (χ3n) is 2.99. The van der Waals surface area contributed by atoms with E-state index in [0.29, 0.717) is 0 Å². The molecular formula is C14H19N3O2. The minimum absolute atomic E-state index is 0.0153. The Bertz CT molecular complexity index is 508. The Morgan fingerprint density at radius 1 is 1.37 bits per heavy atom. The van der Waals surface area contributed by atoms with Gasteiger partial charge in [0.25, 0.3) is 0 Å². The number of nitrogens with zero attached hydrogens (tertiary/aromatic N) is 2. The molecule has 1 aromatic carbocycles. The van der Waals surface area contributed by atoms with E-state index < -0.39 is 0 Å². The molecule has 1 heterocycles. The van der Waals surface area contributed by atoms with Gasteiger partial charge >= 0.3 is 0 Å². The molecule has 0 saturated heterocycles. The number of anilines is 1. The molecule has 0 aliphatic carbocycles. The number of methoxy groups -OCH3 is 1. The minimum atomic E-state index is -0.159. The van der Waals surface area contributed by atoms with Gasteiger partial charge in [0.15, 0.2) is 0 Å². The molecule has 0 saturated carbocycles. The van der Waals surface area contributed by atoms with Crippen molar-refractivity contribution in [2.75, 3.05) is 19.0 Å². The molecule has 1 aromatic heterocycles. The maximum Gasteiger partial charge on any atom is 0.119 e. The van der Waals surface area contributed by atoms with Crippen LogP contribution in [0, 0.1) is 0 Å². The maximum atomic E-state index is 9.50. The lowest BCUT2D eigenvalue weighted by atomic mass is 10.1. The third kappa shape index (κ3) is 3.26. The van der Waals surface area contributed by atoms with Crippen LogP contribution < -0.4 is 10.1 Å². The Hall–Kier alpha value is -2.01. The largest absolute Gasteiger partial charge is 0.497 e. The van der Waals surface area contributed by atoms with E-state index in [0.717, 1.165) is 23.5 Å². The van der Waals surface area contributed by atoms with E-state index in [9.17, 15) is 5.11 Å². The van der Waals surface area contributed by atoms with Crippen LogP contribution in [0.25, 0.3) is 0 Å². The van der Waals surface area contributed by atoms with Crippen molar-refractivity contribution in [2.24, 2.45) is 0 Å². The molecule has 0 amide bonds. The van der Waals surface area contributed by atoms with Gasteiger partial charge in [0, 0.05) is 24.0 Å². The first kappa shape index (κ1) is 13.4. The van der Waals surface area contributed by atoms with Gasteiger partial charge in [-0.1, -0.05) is 0 Å². The summed E-state index contributed by atoms with van der Waals surface area (Å²) < 4.78 is 6.95. The van der Waals surface area contributed by atoms with Crippen molar-refractivity contribution in [2.45, 2.75) is 19.5 Å². The van der Waals surface area contributed by atoms with Gasteiger partial charge in [0.2, 0.25) is 0 Å². The molecule has 0 radical (unpaired) electrons. The fraction of sp³-hybridized carbons (Fsp3) is 0.357. The van der Waals surface area contributed by atoms with Crippen molar-refractivity contribution < 1.29 is 9.84 Å². The molecule has 0 fully saturated rings. The van der Waals surface area contributed by atoms with Crippen LogP contribution in [0.4, 0.5) is 5.69 Å². The van der Waals surface area contributed by atoms with E-state index in [1.807, 2.05) is 42.1 Å². The Morgan fingerprint density at radius 2 is 2.11 bits per heavy atom. The SMILES string of the molecule is CCn1cc(C(CO)Nc2ccc(OC)cc2)cn1. The normalized spacial score (nSPS) is 12.2. The number of nitrogens with one attached hydrogen (secondary N) is 1. The monoisotopic (exact) mass is 261 g/mol. The van der Waals surface area contributed by atoms with Gasteiger partial charge in [0.1, 0.15) is 5.75 Å². The number of aliphatic hydroxyl groups is 1. The number of hydrogen-bond acceptors (Lipinski definition) is 4. The lowest BCUT2D eigenvalue weighted by molar-refractivity contribution is 0.276. The van der Waals surface area contributed by atoms with Crippen LogP contribution in [-0.4, -0.2) is 28.6 Å². The molecule has 0 aliphatic rings. The Labute approximate surface area is 112 Å². The van der Waals surface area contributed by atoms with Crippen LogP contribution >= 0.6 is 0 Å². The molecule has 2 aromatic rings. The maximum absolute atomic E-state index is 9.50. The van der Waals surface area contributed by atoms with E-state index in [1.165, 1.54) is 0 Å². The number of aryl methyl sites for hydroxylation is 1. The highest BCUT2D eigenvalue weighted by molar-refractivity contribution is 5.48. The topological polar surface area (TPSA) is 59.3 Å². The van der Waals surface area contributed by atoms with E-state index in [-0.39, 0.29) is 12.6 Å². The van der Waals surface area contributed by atoms with Crippen molar-refractivity contribution in [3.63, 3.8) is 0 Å². The molecule has 102 valence electrons. The highest BCUT2D eigenvalue weighted by atomic mass is 16.5. The van der Waals surface area contributed by atoms with E-state index in [1.54, 1.807) is 13.3 Å². The second kappa shape index (κ2) is 6.24. The standard InChI is InChI=1S/C14H19N3O2/c1-3-17-9-11(8-15-17)14(10-18)16-12-4-6-13(19-2)7-5-12/h4-9,14,16,18H,3,10H2,1-2H3. The summed E-state index contributed by atoms with van der Waals surface area (Å²) >= 11 is 0. The average molecular weight is 261 g/mol. The van der Waals surface area contributed by atoms with Gasteiger partial charge in [0.05, 0.1) is 26.0 Å². The number of aromatic nitrogens is 2.